The van der Waals surface area contributed by atoms with Crippen molar-refractivity contribution in [3.05, 3.63) is 134 Å². The van der Waals surface area contributed by atoms with Gasteiger partial charge in [-0.3, -0.25) is 4.98 Å². The first-order valence-electron chi connectivity index (χ1n) is 14.5. The van der Waals surface area contributed by atoms with Crippen molar-refractivity contribution in [1.29, 1.82) is 0 Å². The lowest BCUT2D eigenvalue weighted by molar-refractivity contribution is 0.669. The van der Waals surface area contributed by atoms with Gasteiger partial charge in [0.15, 0.2) is 5.58 Å². The third kappa shape index (κ3) is 3.02. The number of aromatic nitrogens is 2. The number of hydrogen-bond donors (Lipinski definition) is 0. The normalized spacial score (nSPS) is 12.2. The molecule has 4 aromatic heterocycles. The van der Waals surface area contributed by atoms with Crippen LogP contribution in [-0.4, -0.2) is 9.55 Å². The van der Waals surface area contributed by atoms with Gasteiger partial charge in [-0.25, -0.2) is 0 Å². The second-order valence-corrected chi connectivity index (χ2v) is 11.1. The predicted molar refractivity (Wildman–Crippen MR) is 176 cm³/mol. The molecule has 4 nitrogen and oxygen atoms in total. The van der Waals surface area contributed by atoms with Crippen molar-refractivity contribution in [3.63, 3.8) is 0 Å². The van der Waals surface area contributed by atoms with Crippen LogP contribution in [0.3, 0.4) is 0 Å². The maximum Gasteiger partial charge on any atom is 0.161 e. The van der Waals surface area contributed by atoms with E-state index < -0.39 is 0 Å². The van der Waals surface area contributed by atoms with Crippen LogP contribution in [0.2, 0.25) is 0 Å². The second-order valence-electron chi connectivity index (χ2n) is 11.1. The lowest BCUT2D eigenvalue weighted by Gasteiger charge is -2.13. The molecule has 0 aliphatic heterocycles. The molecule has 0 saturated carbocycles. The summed E-state index contributed by atoms with van der Waals surface area (Å²) in [5.41, 5.74) is 8.92. The van der Waals surface area contributed by atoms with Crippen LogP contribution < -0.4 is 0 Å². The van der Waals surface area contributed by atoms with Gasteiger partial charge in [-0.15, -0.1) is 0 Å². The van der Waals surface area contributed by atoms with Crippen molar-refractivity contribution in [2.24, 2.45) is 0 Å². The lowest BCUT2D eigenvalue weighted by Crippen LogP contribution is -1.96. The predicted octanol–water partition coefficient (Wildman–Crippen LogP) is 10.8. The number of benzene rings is 6. The van der Waals surface area contributed by atoms with Crippen LogP contribution in [0.15, 0.2) is 143 Å². The molecule has 0 fully saturated rings. The van der Waals surface area contributed by atoms with Gasteiger partial charge in [-0.05, 0) is 52.1 Å². The van der Waals surface area contributed by atoms with E-state index >= 15 is 0 Å². The maximum absolute atomic E-state index is 6.67. The summed E-state index contributed by atoms with van der Waals surface area (Å²) < 4.78 is 15.7. The molecular weight excluding hydrogens is 528 g/mol. The van der Waals surface area contributed by atoms with Gasteiger partial charge in [0.1, 0.15) is 22.3 Å². The first kappa shape index (κ1) is 22.8. The highest BCUT2D eigenvalue weighted by Crippen LogP contribution is 2.46. The smallest absolute Gasteiger partial charge is 0.161 e. The van der Waals surface area contributed by atoms with E-state index in [1.807, 2.05) is 18.5 Å². The highest BCUT2D eigenvalue weighted by Gasteiger charge is 2.24. The molecule has 0 spiro atoms. The Kier molecular flexibility index (Phi) is 4.42. The summed E-state index contributed by atoms with van der Waals surface area (Å²) in [6, 6.07) is 42.5. The highest BCUT2D eigenvalue weighted by molar-refractivity contribution is 6.27. The molecule has 0 saturated heterocycles. The summed E-state index contributed by atoms with van der Waals surface area (Å²) >= 11 is 0. The van der Waals surface area contributed by atoms with Gasteiger partial charge in [0.25, 0.3) is 0 Å². The molecule has 43 heavy (non-hydrogen) atoms. The Morgan fingerprint density at radius 1 is 0.535 bits per heavy atom. The summed E-state index contributed by atoms with van der Waals surface area (Å²) in [5, 5.41) is 9.10. The molecule has 4 heteroatoms. The quantitative estimate of drug-likeness (QED) is 0.215. The van der Waals surface area contributed by atoms with E-state index in [0.717, 1.165) is 82.5 Å². The fourth-order valence-corrected chi connectivity index (χ4v) is 7.09. The van der Waals surface area contributed by atoms with Crippen molar-refractivity contribution in [1.82, 2.24) is 9.55 Å². The third-order valence-electron chi connectivity index (χ3n) is 8.86. The summed E-state index contributed by atoms with van der Waals surface area (Å²) in [6.45, 7) is 0. The maximum atomic E-state index is 6.67. The van der Waals surface area contributed by atoms with Gasteiger partial charge in [-0.2, -0.15) is 0 Å². The van der Waals surface area contributed by atoms with Crippen LogP contribution in [0.1, 0.15) is 0 Å². The molecule has 0 amide bonds. The number of hydrogen-bond acceptors (Lipinski definition) is 3. The molecule has 0 atom stereocenters. The molecule has 10 aromatic rings. The minimum atomic E-state index is 0.851. The number of rotatable bonds is 2. The van der Waals surface area contributed by atoms with Crippen LogP contribution in [0.25, 0.3) is 93.3 Å². The summed E-state index contributed by atoms with van der Waals surface area (Å²) in [5.74, 6) is 0. The zero-order valence-corrected chi connectivity index (χ0v) is 22.9. The van der Waals surface area contributed by atoms with Crippen molar-refractivity contribution < 1.29 is 8.83 Å². The van der Waals surface area contributed by atoms with Gasteiger partial charge in [0.2, 0.25) is 0 Å². The average molecular weight is 551 g/mol. The van der Waals surface area contributed by atoms with Crippen molar-refractivity contribution in [2.45, 2.75) is 0 Å². The SMILES string of the molecule is c1cncc(-c2cccc3oc4cc(-n5c6ccccc6c6oc7ccc8ccccc8c7c65)c5ccccc5c4c23)c1. The number of para-hydroxylation sites is 1. The zero-order chi connectivity index (χ0) is 28.1. The van der Waals surface area contributed by atoms with Crippen LogP contribution in [0.5, 0.6) is 0 Å². The Morgan fingerprint density at radius 3 is 2.21 bits per heavy atom. The summed E-state index contributed by atoms with van der Waals surface area (Å²) in [6.07, 6.45) is 3.73. The van der Waals surface area contributed by atoms with Gasteiger partial charge < -0.3 is 13.4 Å². The van der Waals surface area contributed by atoms with E-state index in [2.05, 4.69) is 125 Å². The molecule has 0 aliphatic rings. The van der Waals surface area contributed by atoms with Gasteiger partial charge >= 0.3 is 0 Å². The highest BCUT2D eigenvalue weighted by atomic mass is 16.3. The third-order valence-corrected chi connectivity index (χ3v) is 8.86. The minimum Gasteiger partial charge on any atom is -0.456 e. The molecule has 0 aliphatic carbocycles. The zero-order valence-electron chi connectivity index (χ0n) is 22.9. The van der Waals surface area contributed by atoms with Crippen molar-refractivity contribution in [3.8, 4) is 16.8 Å². The van der Waals surface area contributed by atoms with Crippen molar-refractivity contribution >= 4 is 76.5 Å². The Balaban J connectivity index is 1.41. The Hall–Kier alpha value is -5.87. The molecule has 0 unspecified atom stereocenters. The molecule has 200 valence electrons. The number of furan rings is 2. The molecule has 0 radical (unpaired) electrons. The number of pyridine rings is 1. The summed E-state index contributed by atoms with van der Waals surface area (Å²) in [7, 11) is 0. The van der Waals surface area contributed by atoms with E-state index in [1.54, 1.807) is 0 Å². The Labute approximate surface area is 245 Å². The van der Waals surface area contributed by atoms with Crippen LogP contribution in [0.4, 0.5) is 0 Å². The average Bonchev–Trinajstić information content (AvgIpc) is 3.73. The van der Waals surface area contributed by atoms with E-state index in [9.17, 15) is 0 Å². The Bertz CT molecular complexity index is 2730. The van der Waals surface area contributed by atoms with E-state index in [-0.39, 0.29) is 0 Å². The molecule has 0 N–H and O–H groups in total. The molecule has 4 heterocycles. The molecular formula is C39H22N2O2. The van der Waals surface area contributed by atoms with Gasteiger partial charge in [0, 0.05) is 45.6 Å². The van der Waals surface area contributed by atoms with Gasteiger partial charge in [-0.1, -0.05) is 84.9 Å². The number of fused-ring (bicyclic) bond motifs is 12. The molecule has 6 aromatic carbocycles. The second kappa shape index (κ2) is 8.34. The molecule has 10 rings (SSSR count). The van der Waals surface area contributed by atoms with Crippen LogP contribution >= 0.6 is 0 Å². The fourth-order valence-electron chi connectivity index (χ4n) is 7.09. The topological polar surface area (TPSA) is 44.1 Å². The lowest BCUT2D eigenvalue weighted by atomic mass is 9.97. The van der Waals surface area contributed by atoms with E-state index in [4.69, 9.17) is 8.83 Å². The largest absolute Gasteiger partial charge is 0.456 e. The Morgan fingerprint density at radius 2 is 1.33 bits per heavy atom. The van der Waals surface area contributed by atoms with Crippen LogP contribution in [0, 0.1) is 0 Å². The van der Waals surface area contributed by atoms with E-state index in [1.165, 1.54) is 10.8 Å². The van der Waals surface area contributed by atoms with Gasteiger partial charge in [0.05, 0.1) is 16.6 Å². The van der Waals surface area contributed by atoms with Crippen molar-refractivity contribution in [2.75, 3.05) is 0 Å². The minimum absolute atomic E-state index is 0.851. The first-order chi connectivity index (χ1) is 21.3. The fraction of sp³-hybridized carbons (Fsp3) is 0. The van der Waals surface area contributed by atoms with E-state index in [0.29, 0.717) is 0 Å². The molecule has 0 bridgehead atoms. The monoisotopic (exact) mass is 550 g/mol. The first-order valence-corrected chi connectivity index (χ1v) is 14.5. The standard InChI is InChI=1S/C39H22N2O2/c1-2-11-25-23(9-1)18-19-33-37(25)38-39(43-33)29-14-5-6-16-30(29)41(38)31-21-34-36(28-13-4-3-12-27(28)31)35-26(15-7-17-32(35)42-34)24-10-8-20-40-22-24/h1-22H. The summed E-state index contributed by atoms with van der Waals surface area (Å²) in [4.78, 5) is 4.40. The van der Waals surface area contributed by atoms with Crippen LogP contribution in [-0.2, 0) is 0 Å². The number of nitrogens with zero attached hydrogens (tertiary/aromatic N) is 2.